The number of benzene rings is 2. The number of nitrogens with zero attached hydrogens (tertiary/aromatic N) is 1. The zero-order chi connectivity index (χ0) is 25.3. The van der Waals surface area contributed by atoms with E-state index >= 15 is 0 Å². The molecule has 0 fully saturated rings. The maximum atomic E-state index is 5.47. The van der Waals surface area contributed by atoms with Gasteiger partial charge in [-0.05, 0) is 0 Å². The standard InChI is InChI=1S/C35H41NSe/c1-35(37-32-19-13-8-14-20-32,27-28-15-9-4-2-5-10-16-28)34-26-25-33(36-34)31-23-21-30(22-24-31)29-17-11-6-3-7-12-18-29/h2-4,6,8,13-14,16,18-24,34H,5,7,9-12,15,17,25-27H2,1H3. The minimum atomic E-state index is 0.196. The Labute approximate surface area is 230 Å². The molecule has 0 spiro atoms. The van der Waals surface area contributed by atoms with E-state index in [0.717, 1.165) is 32.1 Å². The molecule has 3 aliphatic rings. The number of allylic oxidation sites excluding steroid dienone is 8. The molecule has 2 unspecified atom stereocenters. The second-order valence-corrected chi connectivity index (χ2v) is 14.3. The van der Waals surface area contributed by atoms with Crippen LogP contribution < -0.4 is 4.46 Å². The van der Waals surface area contributed by atoms with E-state index in [9.17, 15) is 0 Å². The van der Waals surface area contributed by atoms with E-state index < -0.39 is 0 Å². The van der Waals surface area contributed by atoms with Crippen LogP contribution in [0.4, 0.5) is 0 Å². The van der Waals surface area contributed by atoms with E-state index in [1.165, 1.54) is 65.4 Å². The van der Waals surface area contributed by atoms with Crippen molar-refractivity contribution in [2.45, 2.75) is 87.9 Å². The number of aliphatic imine (C=N–C) groups is 1. The third-order valence-electron chi connectivity index (χ3n) is 7.97. The molecule has 0 saturated heterocycles. The molecule has 2 heteroatoms. The summed E-state index contributed by atoms with van der Waals surface area (Å²) in [5.74, 6) is 0. The first-order chi connectivity index (χ1) is 18.2. The third-order valence-corrected chi connectivity index (χ3v) is 10.9. The van der Waals surface area contributed by atoms with E-state index in [1.54, 1.807) is 5.57 Å². The molecule has 0 bridgehead atoms. The van der Waals surface area contributed by atoms with Crippen LogP contribution in [0.1, 0.15) is 88.7 Å². The Kier molecular flexibility index (Phi) is 9.14. The van der Waals surface area contributed by atoms with E-state index in [1.807, 2.05) is 0 Å². The molecule has 5 rings (SSSR count). The molecule has 1 aliphatic heterocycles. The van der Waals surface area contributed by atoms with Crippen LogP contribution in [0, 0.1) is 0 Å². The summed E-state index contributed by atoms with van der Waals surface area (Å²) >= 11 is 0.375. The van der Waals surface area contributed by atoms with E-state index in [0.29, 0.717) is 21.0 Å². The molecule has 2 atom stereocenters. The topological polar surface area (TPSA) is 12.4 Å². The SMILES string of the molecule is CC(CC1=CCCC=CCC1)([Se]c1ccccc1)C1CCC(c2ccc(C3=CCCC=CCC3)cc2)=N1. The fourth-order valence-electron chi connectivity index (χ4n) is 5.90. The average Bonchev–Trinajstić information content (AvgIpc) is 3.38. The Hall–Kier alpha value is -2.41. The summed E-state index contributed by atoms with van der Waals surface area (Å²) in [5, 5.41) is 0. The van der Waals surface area contributed by atoms with Gasteiger partial charge in [0.1, 0.15) is 0 Å². The monoisotopic (exact) mass is 555 g/mol. The minimum absolute atomic E-state index is 0.196. The van der Waals surface area contributed by atoms with Crippen LogP contribution in [0.25, 0.3) is 5.57 Å². The summed E-state index contributed by atoms with van der Waals surface area (Å²) in [7, 11) is 0. The van der Waals surface area contributed by atoms with Gasteiger partial charge in [-0.1, -0.05) is 6.08 Å². The normalized spacial score (nSPS) is 22.1. The number of hydrogen-bond donors (Lipinski definition) is 0. The van der Waals surface area contributed by atoms with Crippen molar-refractivity contribution in [3.05, 3.63) is 108 Å². The predicted octanol–water partition coefficient (Wildman–Crippen LogP) is 8.81. The molecule has 0 saturated carbocycles. The molecule has 0 N–H and O–H groups in total. The molecule has 1 heterocycles. The van der Waals surface area contributed by atoms with Gasteiger partial charge in [-0.3, -0.25) is 0 Å². The molecule has 1 nitrogen and oxygen atoms in total. The summed E-state index contributed by atoms with van der Waals surface area (Å²) in [6, 6.07) is 20.9. The molecule has 192 valence electrons. The van der Waals surface area contributed by atoms with Crippen LogP contribution in [-0.4, -0.2) is 26.7 Å². The number of rotatable bonds is 7. The maximum absolute atomic E-state index is 5.47. The van der Waals surface area contributed by atoms with Gasteiger partial charge in [-0.2, -0.15) is 0 Å². The summed E-state index contributed by atoms with van der Waals surface area (Å²) < 4.78 is 1.70. The fraction of sp³-hybridized carbons (Fsp3) is 0.400. The summed E-state index contributed by atoms with van der Waals surface area (Å²) in [5.41, 5.74) is 7.18. The van der Waals surface area contributed by atoms with E-state index in [2.05, 4.69) is 98.0 Å². The molecule has 37 heavy (non-hydrogen) atoms. The van der Waals surface area contributed by atoms with Crippen molar-refractivity contribution in [2.24, 2.45) is 4.99 Å². The summed E-state index contributed by atoms with van der Waals surface area (Å²) in [4.78, 5) is 5.47. The van der Waals surface area contributed by atoms with Gasteiger partial charge in [0.05, 0.1) is 0 Å². The van der Waals surface area contributed by atoms with Crippen LogP contribution in [0.2, 0.25) is 4.31 Å². The van der Waals surface area contributed by atoms with Crippen molar-refractivity contribution >= 4 is 30.7 Å². The average molecular weight is 555 g/mol. The Morgan fingerprint density at radius 3 is 2.19 bits per heavy atom. The molecular weight excluding hydrogens is 513 g/mol. The van der Waals surface area contributed by atoms with E-state index in [-0.39, 0.29) is 4.31 Å². The molecule has 2 aliphatic carbocycles. The quantitative estimate of drug-likeness (QED) is 0.240. The Morgan fingerprint density at radius 2 is 1.41 bits per heavy atom. The molecule has 2 aromatic carbocycles. The van der Waals surface area contributed by atoms with Gasteiger partial charge in [0.15, 0.2) is 0 Å². The van der Waals surface area contributed by atoms with Gasteiger partial charge >= 0.3 is 225 Å². The fourth-order valence-corrected chi connectivity index (χ4v) is 8.83. The van der Waals surface area contributed by atoms with Crippen LogP contribution in [0.3, 0.4) is 0 Å². The predicted molar refractivity (Wildman–Crippen MR) is 162 cm³/mol. The van der Waals surface area contributed by atoms with E-state index in [4.69, 9.17) is 4.99 Å². The number of hydrogen-bond acceptors (Lipinski definition) is 1. The zero-order valence-corrected chi connectivity index (χ0v) is 24.1. The third kappa shape index (κ3) is 7.12. The van der Waals surface area contributed by atoms with Gasteiger partial charge in [-0.15, -0.1) is 0 Å². The van der Waals surface area contributed by atoms with Gasteiger partial charge in [-0.25, -0.2) is 0 Å². The van der Waals surface area contributed by atoms with Gasteiger partial charge in [0, 0.05) is 0 Å². The van der Waals surface area contributed by atoms with Crippen LogP contribution in [0.15, 0.2) is 102 Å². The molecule has 2 aromatic rings. The Bertz CT molecular complexity index is 1180. The van der Waals surface area contributed by atoms with Crippen LogP contribution in [0.5, 0.6) is 0 Å². The van der Waals surface area contributed by atoms with Gasteiger partial charge in [0.25, 0.3) is 0 Å². The second kappa shape index (κ2) is 12.9. The summed E-state index contributed by atoms with van der Waals surface area (Å²) in [6.45, 7) is 2.53. The second-order valence-electron chi connectivity index (χ2n) is 10.9. The van der Waals surface area contributed by atoms with Crippen LogP contribution in [-0.2, 0) is 0 Å². The van der Waals surface area contributed by atoms with Crippen molar-refractivity contribution in [3.63, 3.8) is 0 Å². The summed E-state index contributed by atoms with van der Waals surface area (Å²) in [6.07, 6.45) is 27.2. The molecular formula is C35H41NSe. The molecule has 0 radical (unpaired) electrons. The Balaban J connectivity index is 1.36. The van der Waals surface area contributed by atoms with Crippen molar-refractivity contribution < 1.29 is 0 Å². The molecule has 0 aromatic heterocycles. The molecule has 0 amide bonds. The van der Waals surface area contributed by atoms with Crippen LogP contribution >= 0.6 is 0 Å². The van der Waals surface area contributed by atoms with Gasteiger partial charge < -0.3 is 0 Å². The van der Waals surface area contributed by atoms with Crippen molar-refractivity contribution in [1.29, 1.82) is 0 Å². The first kappa shape index (κ1) is 26.2. The van der Waals surface area contributed by atoms with Crippen molar-refractivity contribution in [2.75, 3.05) is 0 Å². The van der Waals surface area contributed by atoms with Gasteiger partial charge in [0.2, 0.25) is 0 Å². The van der Waals surface area contributed by atoms with Crippen molar-refractivity contribution in [1.82, 2.24) is 0 Å². The first-order valence-corrected chi connectivity index (χ1v) is 16.0. The Morgan fingerprint density at radius 1 is 0.730 bits per heavy atom. The zero-order valence-electron chi connectivity index (χ0n) is 22.4. The van der Waals surface area contributed by atoms with Crippen molar-refractivity contribution in [3.8, 4) is 0 Å². The first-order valence-electron chi connectivity index (χ1n) is 14.3.